The van der Waals surface area contributed by atoms with Gasteiger partial charge in [-0.25, -0.2) is 0 Å². The molecule has 0 bridgehead atoms. The van der Waals surface area contributed by atoms with Gasteiger partial charge in [0.05, 0.1) is 5.60 Å². The highest BCUT2D eigenvalue weighted by atomic mass is 32.2. The fourth-order valence-electron chi connectivity index (χ4n) is 3.31. The summed E-state index contributed by atoms with van der Waals surface area (Å²) in [5, 5.41) is 3.15. The van der Waals surface area contributed by atoms with E-state index in [9.17, 15) is 0 Å². The van der Waals surface area contributed by atoms with Gasteiger partial charge in [0.1, 0.15) is 0 Å². The number of hydrogen-bond acceptors (Lipinski definition) is 7. The molecule has 0 amide bonds. The van der Waals surface area contributed by atoms with Gasteiger partial charge in [-0.15, -0.1) is 0 Å². The molecule has 0 aromatic rings. The third-order valence-corrected chi connectivity index (χ3v) is 12.3. The lowest BCUT2D eigenvalue weighted by Gasteiger charge is -2.35. The molecule has 0 spiro atoms. The van der Waals surface area contributed by atoms with Crippen molar-refractivity contribution < 1.29 is 4.74 Å². The molecule has 1 nitrogen and oxygen atoms in total. The van der Waals surface area contributed by atoms with E-state index in [4.69, 9.17) is 4.74 Å². The number of thiol groups is 3. The monoisotopic (exact) mass is 546 g/mol. The van der Waals surface area contributed by atoms with E-state index in [1.807, 2.05) is 0 Å². The van der Waals surface area contributed by atoms with Crippen molar-refractivity contribution in [2.45, 2.75) is 124 Å². The SMILES string of the molecule is CCOC(CCCSC(C)C(C)S)(CCCSC(C)C(C)S)CCCSC(C)C(C)S. The van der Waals surface area contributed by atoms with Gasteiger partial charge in [0.25, 0.3) is 0 Å². The maximum Gasteiger partial charge on any atom is 0.0683 e. The Hall–Kier alpha value is 2.06. The highest BCUT2D eigenvalue weighted by Crippen LogP contribution is 2.34. The van der Waals surface area contributed by atoms with Crippen LogP contribution in [0, 0.1) is 0 Å². The van der Waals surface area contributed by atoms with Crippen LogP contribution in [-0.2, 0) is 4.74 Å². The smallest absolute Gasteiger partial charge is 0.0683 e. The minimum Gasteiger partial charge on any atom is -0.375 e. The summed E-state index contributed by atoms with van der Waals surface area (Å²) in [5.41, 5.74) is 0.0396. The Morgan fingerprint density at radius 3 is 1.13 bits per heavy atom. The molecular weight excluding hydrogens is 497 g/mol. The minimum atomic E-state index is 0.0396. The van der Waals surface area contributed by atoms with Crippen molar-refractivity contribution in [3.63, 3.8) is 0 Å². The first-order valence-corrected chi connectivity index (χ1v) is 16.8. The van der Waals surface area contributed by atoms with Crippen LogP contribution in [0.15, 0.2) is 0 Å². The van der Waals surface area contributed by atoms with E-state index < -0.39 is 0 Å². The van der Waals surface area contributed by atoms with Gasteiger partial charge < -0.3 is 4.74 Å². The lowest BCUT2D eigenvalue weighted by atomic mass is 9.88. The van der Waals surface area contributed by atoms with Gasteiger partial charge in [-0.1, -0.05) is 41.5 Å². The number of ether oxygens (including phenoxy) is 1. The van der Waals surface area contributed by atoms with Crippen LogP contribution in [0.3, 0.4) is 0 Å². The van der Waals surface area contributed by atoms with Crippen LogP contribution in [0.25, 0.3) is 0 Å². The normalized spacial score (nSPS) is 19.9. The maximum absolute atomic E-state index is 6.52. The molecule has 31 heavy (non-hydrogen) atoms. The summed E-state index contributed by atoms with van der Waals surface area (Å²) in [4.78, 5) is 0. The Kier molecular flexibility index (Phi) is 20.6. The van der Waals surface area contributed by atoms with Crippen LogP contribution in [0.1, 0.15) is 87.0 Å². The van der Waals surface area contributed by atoms with Crippen LogP contribution in [0.2, 0.25) is 0 Å². The van der Waals surface area contributed by atoms with Crippen LogP contribution < -0.4 is 0 Å². The average Bonchev–Trinajstić information content (AvgIpc) is 2.71. The van der Waals surface area contributed by atoms with Crippen LogP contribution in [0.5, 0.6) is 0 Å². The molecule has 0 aliphatic heterocycles. The van der Waals surface area contributed by atoms with Gasteiger partial charge in [0.15, 0.2) is 0 Å². The van der Waals surface area contributed by atoms with Crippen LogP contribution in [0.4, 0.5) is 0 Å². The summed E-state index contributed by atoms with van der Waals surface area (Å²) >= 11 is 20.0. The van der Waals surface area contributed by atoms with Crippen molar-refractivity contribution in [2.75, 3.05) is 23.9 Å². The molecule has 6 atom stereocenters. The summed E-state index contributed by atoms with van der Waals surface area (Å²) in [6.45, 7) is 16.4. The molecule has 6 unspecified atom stereocenters. The molecule has 0 heterocycles. The minimum absolute atomic E-state index is 0.0396. The lowest BCUT2D eigenvalue weighted by Crippen LogP contribution is -2.34. The number of hydrogen-bond donors (Lipinski definition) is 3. The molecule has 0 aliphatic rings. The molecule has 0 saturated carbocycles. The zero-order valence-corrected chi connectivity index (χ0v) is 26.1. The largest absolute Gasteiger partial charge is 0.375 e. The van der Waals surface area contributed by atoms with Crippen molar-refractivity contribution in [1.29, 1.82) is 0 Å². The first-order chi connectivity index (χ1) is 14.5. The first kappa shape index (κ1) is 33.1. The molecule has 188 valence electrons. The fourth-order valence-corrected chi connectivity index (χ4v) is 6.96. The Labute approximate surface area is 224 Å². The maximum atomic E-state index is 6.52. The lowest BCUT2D eigenvalue weighted by molar-refractivity contribution is -0.0585. The standard InChI is InChI=1S/C24H50OS6/c1-8-25-24(12-9-15-29-21(5)18(2)26,13-10-16-30-22(6)19(3)27)14-11-17-31-23(7)20(4)28/h18-23,26-28H,8-17H2,1-7H3. The van der Waals surface area contributed by atoms with E-state index in [0.29, 0.717) is 31.5 Å². The zero-order chi connectivity index (χ0) is 23.9. The molecule has 0 fully saturated rings. The molecule has 0 aromatic carbocycles. The summed E-state index contributed by atoms with van der Waals surface area (Å²) < 4.78 is 6.52. The first-order valence-electron chi connectivity index (χ1n) is 12.1. The second-order valence-corrected chi connectivity index (χ2v) is 15.8. The van der Waals surface area contributed by atoms with Crippen molar-refractivity contribution in [1.82, 2.24) is 0 Å². The Balaban J connectivity index is 4.80. The van der Waals surface area contributed by atoms with Gasteiger partial charge in [0, 0.05) is 38.1 Å². The Morgan fingerprint density at radius 2 is 0.903 bits per heavy atom. The molecule has 0 rings (SSSR count). The molecule has 0 aromatic heterocycles. The van der Waals surface area contributed by atoms with Crippen molar-refractivity contribution >= 4 is 73.2 Å². The molecule has 7 heteroatoms. The predicted molar refractivity (Wildman–Crippen MR) is 163 cm³/mol. The summed E-state index contributed by atoms with van der Waals surface area (Å²) in [5.74, 6) is 3.60. The number of thioether (sulfide) groups is 3. The Morgan fingerprint density at radius 1 is 0.613 bits per heavy atom. The highest BCUT2D eigenvalue weighted by Gasteiger charge is 2.30. The zero-order valence-electron chi connectivity index (χ0n) is 21.0. The highest BCUT2D eigenvalue weighted by molar-refractivity contribution is 8.01. The number of rotatable bonds is 20. The van der Waals surface area contributed by atoms with E-state index >= 15 is 0 Å². The molecule has 0 aliphatic carbocycles. The van der Waals surface area contributed by atoms with Gasteiger partial charge >= 0.3 is 0 Å². The van der Waals surface area contributed by atoms with E-state index in [1.165, 1.54) is 55.8 Å². The van der Waals surface area contributed by atoms with Crippen molar-refractivity contribution in [3.8, 4) is 0 Å². The predicted octanol–water partition coefficient (Wildman–Crippen LogP) is 8.42. The van der Waals surface area contributed by atoms with E-state index in [1.54, 1.807) is 0 Å². The molecule has 0 saturated heterocycles. The third kappa shape index (κ3) is 16.4. The van der Waals surface area contributed by atoms with Gasteiger partial charge in [-0.3, -0.25) is 0 Å². The van der Waals surface area contributed by atoms with Crippen LogP contribution in [-0.4, -0.2) is 61.0 Å². The topological polar surface area (TPSA) is 9.23 Å². The van der Waals surface area contributed by atoms with Gasteiger partial charge in [-0.2, -0.15) is 73.2 Å². The van der Waals surface area contributed by atoms with E-state index in [-0.39, 0.29) is 5.60 Å². The van der Waals surface area contributed by atoms with E-state index in [0.717, 1.165) is 6.61 Å². The fraction of sp³-hybridized carbons (Fsp3) is 1.00. The molecular formula is C24H50OS6. The van der Waals surface area contributed by atoms with Crippen molar-refractivity contribution in [2.24, 2.45) is 0 Å². The van der Waals surface area contributed by atoms with E-state index in [2.05, 4.69) is 122 Å². The summed E-state index contributed by atoms with van der Waals surface area (Å²) in [6.07, 6.45) is 7.20. The second-order valence-electron chi connectivity index (χ2n) is 8.88. The van der Waals surface area contributed by atoms with Gasteiger partial charge in [0.2, 0.25) is 0 Å². The average molecular weight is 547 g/mol. The molecule has 0 N–H and O–H groups in total. The third-order valence-electron chi connectivity index (χ3n) is 5.96. The summed E-state index contributed by atoms with van der Waals surface area (Å²) in [7, 11) is 0. The Bertz CT molecular complexity index is 364. The second kappa shape index (κ2) is 19.3. The van der Waals surface area contributed by atoms with Gasteiger partial charge in [-0.05, 0) is 62.7 Å². The molecule has 0 radical (unpaired) electrons. The van der Waals surface area contributed by atoms with Crippen molar-refractivity contribution in [3.05, 3.63) is 0 Å². The quantitative estimate of drug-likeness (QED) is 0.104. The summed E-state index contributed by atoms with van der Waals surface area (Å²) in [6, 6.07) is 0. The van der Waals surface area contributed by atoms with Crippen LogP contribution >= 0.6 is 73.2 Å².